The van der Waals surface area contributed by atoms with E-state index < -0.39 is 22.1 Å². The predicted octanol–water partition coefficient (Wildman–Crippen LogP) is 4.45. The molecule has 0 saturated heterocycles. The first-order valence-electron chi connectivity index (χ1n) is 4.39. The van der Waals surface area contributed by atoms with Gasteiger partial charge in [-0.05, 0) is 13.3 Å². The van der Waals surface area contributed by atoms with Crippen molar-refractivity contribution in [2.24, 2.45) is 0 Å². The van der Waals surface area contributed by atoms with Crippen LogP contribution in [-0.4, -0.2) is 22.1 Å². The molecule has 0 aromatic heterocycles. The SMILES string of the molecule is CCCC(C)(OC(F)(I)C(F)(F)F)C(F)F. The fraction of sp³-hybridized carbons (Fsp3) is 1.00. The number of hydrogen-bond donors (Lipinski definition) is 0. The Balaban J connectivity index is 4.90. The Morgan fingerprint density at radius 2 is 1.62 bits per heavy atom. The fourth-order valence-electron chi connectivity index (χ4n) is 1.05. The monoisotopic (exact) mass is 364 g/mol. The summed E-state index contributed by atoms with van der Waals surface area (Å²) < 4.78 is 74.3. The molecular formula is C8H11F6IO. The van der Waals surface area contributed by atoms with E-state index in [1.54, 1.807) is 0 Å². The summed E-state index contributed by atoms with van der Waals surface area (Å²) in [4.78, 5) is 0. The number of halogens is 7. The van der Waals surface area contributed by atoms with Gasteiger partial charge in [-0.1, -0.05) is 13.3 Å². The van der Waals surface area contributed by atoms with Crippen LogP contribution < -0.4 is 0 Å². The van der Waals surface area contributed by atoms with Crippen LogP contribution in [0.4, 0.5) is 26.3 Å². The van der Waals surface area contributed by atoms with Gasteiger partial charge in [0.05, 0.1) is 0 Å². The van der Waals surface area contributed by atoms with Gasteiger partial charge >= 0.3 is 10.0 Å². The van der Waals surface area contributed by atoms with Gasteiger partial charge in [-0.3, -0.25) is 0 Å². The maximum absolute atomic E-state index is 13.1. The minimum atomic E-state index is -5.35. The molecule has 0 aromatic rings. The second-order valence-electron chi connectivity index (χ2n) is 3.48. The zero-order chi connectivity index (χ0) is 13.2. The molecule has 0 aliphatic carbocycles. The first-order chi connectivity index (χ1) is 6.96. The Hall–Kier alpha value is 0.270. The molecule has 0 rings (SSSR count). The topological polar surface area (TPSA) is 9.23 Å². The molecule has 2 unspecified atom stereocenters. The zero-order valence-corrected chi connectivity index (χ0v) is 10.7. The van der Waals surface area contributed by atoms with Crippen molar-refractivity contribution in [3.05, 3.63) is 0 Å². The van der Waals surface area contributed by atoms with E-state index in [4.69, 9.17) is 0 Å². The van der Waals surface area contributed by atoms with Crippen LogP contribution in [0.5, 0.6) is 0 Å². The first kappa shape index (κ1) is 16.3. The second-order valence-corrected chi connectivity index (χ2v) is 4.87. The molecule has 0 aliphatic rings. The normalized spacial score (nSPS) is 20.6. The molecule has 0 bridgehead atoms. The van der Waals surface area contributed by atoms with Crippen molar-refractivity contribution in [3.63, 3.8) is 0 Å². The third kappa shape index (κ3) is 3.94. The molecule has 8 heteroatoms. The number of rotatable bonds is 5. The molecule has 0 heterocycles. The van der Waals surface area contributed by atoms with Crippen LogP contribution in [0.15, 0.2) is 0 Å². The van der Waals surface area contributed by atoms with Crippen molar-refractivity contribution >= 4 is 22.6 Å². The molecule has 0 saturated carbocycles. The smallest absolute Gasteiger partial charge is 0.319 e. The minimum Gasteiger partial charge on any atom is -0.319 e. The molecule has 98 valence electrons. The van der Waals surface area contributed by atoms with E-state index in [0.717, 1.165) is 6.92 Å². The maximum atomic E-state index is 13.1. The molecule has 0 N–H and O–H groups in total. The Labute approximate surface area is 103 Å². The highest BCUT2D eigenvalue weighted by molar-refractivity contribution is 14.1. The molecule has 0 radical (unpaired) electrons. The average Bonchev–Trinajstić information content (AvgIpc) is 2.00. The summed E-state index contributed by atoms with van der Waals surface area (Å²) >= 11 is 0.333. The Bertz CT molecular complexity index is 229. The van der Waals surface area contributed by atoms with Gasteiger partial charge in [-0.15, -0.1) is 0 Å². The summed E-state index contributed by atoms with van der Waals surface area (Å²) in [6.07, 6.45) is -8.75. The van der Waals surface area contributed by atoms with Crippen LogP contribution in [0, 0.1) is 0 Å². The quantitative estimate of drug-likeness (QED) is 0.398. The minimum absolute atomic E-state index is 0.158. The third-order valence-electron chi connectivity index (χ3n) is 1.90. The van der Waals surface area contributed by atoms with Crippen molar-refractivity contribution in [3.8, 4) is 0 Å². The highest BCUT2D eigenvalue weighted by atomic mass is 127. The lowest BCUT2D eigenvalue weighted by Gasteiger charge is -2.34. The van der Waals surface area contributed by atoms with Crippen LogP contribution in [0.3, 0.4) is 0 Å². The summed E-state index contributed by atoms with van der Waals surface area (Å²) in [5.41, 5.74) is -2.44. The fourth-order valence-corrected chi connectivity index (χ4v) is 1.55. The van der Waals surface area contributed by atoms with E-state index in [0.29, 0.717) is 22.6 Å². The molecule has 0 amide bonds. The molecule has 1 nitrogen and oxygen atoms in total. The van der Waals surface area contributed by atoms with Crippen LogP contribution in [0.1, 0.15) is 26.7 Å². The van der Waals surface area contributed by atoms with E-state index in [9.17, 15) is 26.3 Å². The van der Waals surface area contributed by atoms with Gasteiger partial charge in [0.25, 0.3) is 6.43 Å². The Kier molecular flexibility index (Phi) is 5.37. The molecule has 2 atom stereocenters. The van der Waals surface area contributed by atoms with Crippen LogP contribution in [0.2, 0.25) is 0 Å². The summed E-state index contributed by atoms with van der Waals surface area (Å²) in [6, 6.07) is 0. The van der Waals surface area contributed by atoms with Crippen molar-refractivity contribution in [1.82, 2.24) is 0 Å². The summed E-state index contributed by atoms with van der Waals surface area (Å²) in [5.74, 6) is 0. The lowest BCUT2D eigenvalue weighted by Crippen LogP contribution is -2.48. The van der Waals surface area contributed by atoms with E-state index in [1.165, 1.54) is 6.92 Å². The highest BCUT2D eigenvalue weighted by Crippen LogP contribution is 2.45. The molecule has 16 heavy (non-hydrogen) atoms. The van der Waals surface area contributed by atoms with Gasteiger partial charge in [0, 0.05) is 22.6 Å². The second kappa shape index (κ2) is 5.28. The summed E-state index contributed by atoms with van der Waals surface area (Å²) in [5, 5.41) is 0. The van der Waals surface area contributed by atoms with Crippen molar-refractivity contribution in [2.45, 2.75) is 48.8 Å². The van der Waals surface area contributed by atoms with Gasteiger partial charge in [-0.2, -0.15) is 17.6 Å². The van der Waals surface area contributed by atoms with Crippen LogP contribution in [0.25, 0.3) is 0 Å². The van der Waals surface area contributed by atoms with Crippen molar-refractivity contribution < 1.29 is 31.1 Å². The van der Waals surface area contributed by atoms with E-state index in [2.05, 4.69) is 4.74 Å². The van der Waals surface area contributed by atoms with Gasteiger partial charge < -0.3 is 4.74 Å². The lowest BCUT2D eigenvalue weighted by atomic mass is 10.0. The first-order valence-corrected chi connectivity index (χ1v) is 5.47. The Morgan fingerprint density at radius 1 is 1.19 bits per heavy atom. The predicted molar refractivity (Wildman–Crippen MR) is 54.3 cm³/mol. The summed E-state index contributed by atoms with van der Waals surface area (Å²) in [7, 11) is 0. The van der Waals surface area contributed by atoms with Crippen LogP contribution >= 0.6 is 22.6 Å². The molecule has 0 spiro atoms. The number of hydrogen-bond acceptors (Lipinski definition) is 1. The standard InChI is InChI=1S/C8H11F6IO/c1-3-4-6(2,5(9)10)16-8(14,15)7(11,12)13/h5H,3-4H2,1-2H3. The van der Waals surface area contributed by atoms with Crippen molar-refractivity contribution in [2.75, 3.05) is 0 Å². The maximum Gasteiger partial charge on any atom is 0.458 e. The zero-order valence-electron chi connectivity index (χ0n) is 8.55. The van der Waals surface area contributed by atoms with Crippen LogP contribution in [-0.2, 0) is 4.74 Å². The van der Waals surface area contributed by atoms with Crippen molar-refractivity contribution in [1.29, 1.82) is 0 Å². The lowest BCUT2D eigenvalue weighted by molar-refractivity contribution is -0.320. The molecule has 0 fully saturated rings. The number of alkyl halides is 7. The van der Waals surface area contributed by atoms with Gasteiger partial charge in [0.15, 0.2) is 0 Å². The van der Waals surface area contributed by atoms with Gasteiger partial charge in [0.2, 0.25) is 0 Å². The van der Waals surface area contributed by atoms with E-state index in [-0.39, 0.29) is 12.8 Å². The number of ether oxygens (including phenoxy) is 1. The summed E-state index contributed by atoms with van der Waals surface area (Å²) in [6.45, 7) is 2.25. The molecule has 0 aromatic carbocycles. The third-order valence-corrected chi connectivity index (χ3v) is 2.73. The average molecular weight is 364 g/mol. The van der Waals surface area contributed by atoms with Gasteiger partial charge in [0.1, 0.15) is 5.60 Å². The largest absolute Gasteiger partial charge is 0.458 e. The molecular weight excluding hydrogens is 353 g/mol. The highest BCUT2D eigenvalue weighted by Gasteiger charge is 2.60. The van der Waals surface area contributed by atoms with E-state index >= 15 is 0 Å². The Morgan fingerprint density at radius 3 is 1.88 bits per heavy atom. The molecule has 0 aliphatic heterocycles. The van der Waals surface area contributed by atoms with E-state index in [1.807, 2.05) is 0 Å². The van der Waals surface area contributed by atoms with Gasteiger partial charge in [-0.25, -0.2) is 8.78 Å².